The lowest BCUT2D eigenvalue weighted by atomic mass is 10.8. The van der Waals surface area contributed by atoms with Gasteiger partial charge in [-0.1, -0.05) is 0 Å². The zero-order valence-corrected chi connectivity index (χ0v) is 3.46. The van der Waals surface area contributed by atoms with Gasteiger partial charge in [-0.15, -0.1) is 4.91 Å². The van der Waals surface area contributed by atoms with Crippen molar-refractivity contribution in [3.8, 4) is 0 Å². The lowest BCUT2D eigenvalue weighted by molar-refractivity contribution is 1.29. The molecule has 0 aromatic carbocycles. The molecule has 0 unspecified atom stereocenters. The predicted octanol–water partition coefficient (Wildman–Crippen LogP) is 0.808. The summed E-state index contributed by atoms with van der Waals surface area (Å²) in [4.78, 5) is 15.6. The number of nitrogens with one attached hydrogen (secondary N) is 1. The maximum Gasteiger partial charge on any atom is 0.214 e. The Morgan fingerprint density at radius 1 is 1.86 bits per heavy atom. The van der Waals surface area contributed by atoms with Crippen molar-refractivity contribution in [1.82, 2.24) is 9.97 Å². The minimum absolute atomic E-state index is 0.194. The van der Waals surface area contributed by atoms with Gasteiger partial charge in [0.2, 0.25) is 5.82 Å². The number of rotatable bonds is 1. The number of H-pyrrole nitrogens is 1. The Morgan fingerprint density at radius 3 is 3.00 bits per heavy atom. The van der Waals surface area contributed by atoms with E-state index in [0.29, 0.717) is 0 Å². The van der Waals surface area contributed by atoms with Crippen molar-refractivity contribution in [3.63, 3.8) is 0 Å². The highest BCUT2D eigenvalue weighted by Gasteiger charge is 1.84. The standard InChI is InChI=1S/C3H3N3O/c7-6-3-1-4-2-5-3/h1-2H,(H,4,5). The Bertz CT molecular complexity index is 145. The fraction of sp³-hybridized carbons (Fsp3) is 0. The normalized spacial score (nSPS) is 8.57. The molecule has 0 radical (unpaired) electrons. The first-order valence-corrected chi connectivity index (χ1v) is 1.75. The van der Waals surface area contributed by atoms with Crippen LogP contribution in [0.15, 0.2) is 17.7 Å². The molecule has 1 N–H and O–H groups in total. The van der Waals surface area contributed by atoms with Crippen LogP contribution in [-0.2, 0) is 0 Å². The van der Waals surface area contributed by atoms with Gasteiger partial charge >= 0.3 is 0 Å². The molecular formula is C3H3N3O. The van der Waals surface area contributed by atoms with E-state index in [0.717, 1.165) is 0 Å². The number of nitrogens with zero attached hydrogens (tertiary/aromatic N) is 2. The van der Waals surface area contributed by atoms with E-state index < -0.39 is 0 Å². The van der Waals surface area contributed by atoms with E-state index in [1.165, 1.54) is 12.5 Å². The SMILES string of the molecule is O=Nc1c[nH]cn1. The van der Waals surface area contributed by atoms with Crippen molar-refractivity contribution in [2.45, 2.75) is 0 Å². The van der Waals surface area contributed by atoms with Crippen molar-refractivity contribution in [3.05, 3.63) is 17.4 Å². The van der Waals surface area contributed by atoms with E-state index in [1.807, 2.05) is 0 Å². The molecular weight excluding hydrogens is 94.1 g/mol. The topological polar surface area (TPSA) is 58.1 Å². The molecule has 0 spiro atoms. The summed E-state index contributed by atoms with van der Waals surface area (Å²) in [6, 6.07) is 0. The van der Waals surface area contributed by atoms with Crippen molar-refractivity contribution in [2.24, 2.45) is 5.18 Å². The van der Waals surface area contributed by atoms with Crippen LogP contribution in [0.2, 0.25) is 0 Å². The Morgan fingerprint density at radius 2 is 2.71 bits per heavy atom. The van der Waals surface area contributed by atoms with Gasteiger partial charge in [-0.2, -0.15) is 0 Å². The van der Waals surface area contributed by atoms with Crippen LogP contribution in [0, 0.1) is 4.91 Å². The maximum atomic E-state index is 9.54. The van der Waals surface area contributed by atoms with E-state index in [1.54, 1.807) is 0 Å². The molecule has 4 heteroatoms. The molecule has 0 fully saturated rings. The molecule has 4 nitrogen and oxygen atoms in total. The second kappa shape index (κ2) is 1.51. The number of hydrogen-bond donors (Lipinski definition) is 1. The Kier molecular flexibility index (Phi) is 0.856. The van der Waals surface area contributed by atoms with Crippen LogP contribution in [0.4, 0.5) is 5.82 Å². The largest absolute Gasteiger partial charge is 0.349 e. The first-order chi connectivity index (χ1) is 3.43. The minimum Gasteiger partial charge on any atom is -0.349 e. The van der Waals surface area contributed by atoms with Gasteiger partial charge in [0.05, 0.1) is 12.5 Å². The molecule has 0 bridgehead atoms. The molecule has 1 heterocycles. The Labute approximate surface area is 39.6 Å². The lowest BCUT2D eigenvalue weighted by Crippen LogP contribution is -1.51. The number of aromatic nitrogens is 2. The van der Waals surface area contributed by atoms with Crippen LogP contribution in [0.25, 0.3) is 0 Å². The molecule has 1 aromatic rings. The van der Waals surface area contributed by atoms with Crippen LogP contribution in [-0.4, -0.2) is 9.97 Å². The maximum absolute atomic E-state index is 9.54. The molecule has 7 heavy (non-hydrogen) atoms. The summed E-state index contributed by atoms with van der Waals surface area (Å²) in [6.45, 7) is 0. The average molecular weight is 97.1 g/mol. The summed E-state index contributed by atoms with van der Waals surface area (Å²) in [5.74, 6) is 0.194. The van der Waals surface area contributed by atoms with Gasteiger partial charge in [-0.05, 0) is 5.18 Å². The molecule has 36 valence electrons. The molecule has 1 rings (SSSR count). The highest BCUT2D eigenvalue weighted by atomic mass is 16.3. The van der Waals surface area contributed by atoms with Gasteiger partial charge in [-0.25, -0.2) is 4.98 Å². The number of nitroso groups, excluding NO2 is 1. The fourth-order valence-electron chi connectivity index (χ4n) is 0.302. The zero-order chi connectivity index (χ0) is 5.11. The van der Waals surface area contributed by atoms with Gasteiger partial charge in [0, 0.05) is 0 Å². The van der Waals surface area contributed by atoms with Crippen molar-refractivity contribution >= 4 is 5.82 Å². The van der Waals surface area contributed by atoms with E-state index >= 15 is 0 Å². The molecule has 0 amide bonds. The van der Waals surface area contributed by atoms with Crippen LogP contribution >= 0.6 is 0 Å². The second-order valence-electron chi connectivity index (χ2n) is 1.02. The molecule has 0 aliphatic heterocycles. The van der Waals surface area contributed by atoms with E-state index in [-0.39, 0.29) is 5.82 Å². The smallest absolute Gasteiger partial charge is 0.214 e. The van der Waals surface area contributed by atoms with Crippen LogP contribution < -0.4 is 0 Å². The van der Waals surface area contributed by atoms with E-state index in [9.17, 15) is 4.91 Å². The molecule has 0 saturated heterocycles. The Balaban J connectivity index is 2.96. The first-order valence-electron chi connectivity index (χ1n) is 1.75. The summed E-state index contributed by atoms with van der Waals surface area (Å²) in [5.41, 5.74) is 0. The molecule has 0 aliphatic rings. The quantitative estimate of drug-likeness (QED) is 0.527. The summed E-state index contributed by atoms with van der Waals surface area (Å²) < 4.78 is 0. The second-order valence-corrected chi connectivity index (χ2v) is 1.02. The van der Waals surface area contributed by atoms with Gasteiger partial charge in [0.15, 0.2) is 0 Å². The number of aromatic amines is 1. The molecule has 0 saturated carbocycles. The van der Waals surface area contributed by atoms with Crippen molar-refractivity contribution < 1.29 is 0 Å². The van der Waals surface area contributed by atoms with Crippen molar-refractivity contribution in [1.29, 1.82) is 0 Å². The lowest BCUT2D eigenvalue weighted by Gasteiger charge is -1.63. The summed E-state index contributed by atoms with van der Waals surface area (Å²) in [7, 11) is 0. The molecule has 0 aliphatic carbocycles. The first kappa shape index (κ1) is 3.98. The number of hydrogen-bond acceptors (Lipinski definition) is 3. The summed E-state index contributed by atoms with van der Waals surface area (Å²) in [5, 5.41) is 2.54. The van der Waals surface area contributed by atoms with Crippen LogP contribution in [0.5, 0.6) is 0 Å². The third-order valence-corrected chi connectivity index (χ3v) is 0.577. The highest BCUT2D eigenvalue weighted by molar-refractivity contribution is 5.19. The molecule has 0 atom stereocenters. The third-order valence-electron chi connectivity index (χ3n) is 0.577. The van der Waals surface area contributed by atoms with E-state index in [4.69, 9.17) is 0 Å². The van der Waals surface area contributed by atoms with Gasteiger partial charge in [0.25, 0.3) is 0 Å². The van der Waals surface area contributed by atoms with Gasteiger partial charge < -0.3 is 4.98 Å². The highest BCUT2D eigenvalue weighted by Crippen LogP contribution is 1.99. The van der Waals surface area contributed by atoms with Crippen LogP contribution in [0.3, 0.4) is 0 Å². The fourth-order valence-corrected chi connectivity index (χ4v) is 0.302. The minimum atomic E-state index is 0.194. The number of imidazole rings is 1. The monoisotopic (exact) mass is 97.0 g/mol. The summed E-state index contributed by atoms with van der Waals surface area (Å²) >= 11 is 0. The third kappa shape index (κ3) is 0.623. The van der Waals surface area contributed by atoms with Gasteiger partial charge in [0.1, 0.15) is 0 Å². The summed E-state index contributed by atoms with van der Waals surface area (Å²) in [6.07, 6.45) is 2.82. The predicted molar refractivity (Wildman–Crippen MR) is 24.0 cm³/mol. The van der Waals surface area contributed by atoms with Crippen LogP contribution in [0.1, 0.15) is 0 Å². The zero-order valence-electron chi connectivity index (χ0n) is 3.46. The average Bonchev–Trinajstić information content (AvgIpc) is 2.14. The van der Waals surface area contributed by atoms with E-state index in [2.05, 4.69) is 15.1 Å². The van der Waals surface area contributed by atoms with Crippen molar-refractivity contribution in [2.75, 3.05) is 0 Å². The van der Waals surface area contributed by atoms with Gasteiger partial charge in [-0.3, -0.25) is 0 Å². The Hall–Kier alpha value is -1.19. The molecule has 1 aromatic heterocycles.